The number of piperazine rings is 1. The van der Waals surface area contributed by atoms with Gasteiger partial charge in [-0.2, -0.15) is 5.10 Å². The standard InChI is InChI=1S/C32H34N6O/c1-23-19-30(32(33)39)34-38(23)29-11-12-31-28(20-29)13-14-37(31)22-25-5-9-27(10-6-25)26-7-3-24(4-8-26)21-36-17-15-35(2)16-18-36/h3-14,19-20H,15-18,21-22H2,1-2H3,(H2,33,39). The molecule has 2 aromatic heterocycles. The number of fused-ring (bicyclic) bond motifs is 1. The van der Waals surface area contributed by atoms with Crippen molar-refractivity contribution in [1.82, 2.24) is 24.1 Å². The topological polar surface area (TPSA) is 72.3 Å². The van der Waals surface area contributed by atoms with Crippen LogP contribution in [0.15, 0.2) is 85.1 Å². The summed E-state index contributed by atoms with van der Waals surface area (Å²) in [7, 11) is 2.20. The fourth-order valence-electron chi connectivity index (χ4n) is 5.38. The third kappa shape index (κ3) is 5.37. The van der Waals surface area contributed by atoms with Crippen molar-refractivity contribution in [2.24, 2.45) is 5.73 Å². The lowest BCUT2D eigenvalue weighted by molar-refractivity contribution is 0.0995. The largest absolute Gasteiger partial charge is 0.364 e. The van der Waals surface area contributed by atoms with E-state index in [0.717, 1.165) is 61.6 Å². The molecule has 2 N–H and O–H groups in total. The van der Waals surface area contributed by atoms with E-state index in [-0.39, 0.29) is 5.69 Å². The molecule has 5 aromatic rings. The highest BCUT2D eigenvalue weighted by molar-refractivity contribution is 5.91. The second kappa shape index (κ2) is 10.5. The van der Waals surface area contributed by atoms with E-state index in [2.05, 4.69) is 99.4 Å². The van der Waals surface area contributed by atoms with Crippen LogP contribution in [-0.2, 0) is 13.1 Å². The molecular formula is C32H34N6O. The second-order valence-corrected chi connectivity index (χ2v) is 10.6. The van der Waals surface area contributed by atoms with E-state index in [1.807, 2.05) is 13.0 Å². The zero-order valence-electron chi connectivity index (χ0n) is 22.5. The van der Waals surface area contributed by atoms with Crippen LogP contribution in [-0.4, -0.2) is 63.3 Å². The molecule has 6 rings (SSSR count). The third-order valence-electron chi connectivity index (χ3n) is 7.74. The van der Waals surface area contributed by atoms with Gasteiger partial charge in [-0.25, -0.2) is 4.68 Å². The number of rotatable bonds is 7. The lowest BCUT2D eigenvalue weighted by atomic mass is 10.0. The molecule has 0 aliphatic carbocycles. The van der Waals surface area contributed by atoms with Gasteiger partial charge in [0.05, 0.1) is 5.69 Å². The van der Waals surface area contributed by atoms with Crippen LogP contribution in [0.1, 0.15) is 27.3 Å². The highest BCUT2D eigenvalue weighted by Crippen LogP contribution is 2.24. The normalized spacial score (nSPS) is 14.7. The number of nitrogens with zero attached hydrogens (tertiary/aromatic N) is 5. The van der Waals surface area contributed by atoms with Gasteiger partial charge in [-0.1, -0.05) is 48.5 Å². The number of benzene rings is 3. The zero-order chi connectivity index (χ0) is 26.9. The Hall–Kier alpha value is -4.20. The number of aryl methyl sites for hydroxylation is 1. The Morgan fingerprint density at radius 1 is 0.821 bits per heavy atom. The maximum Gasteiger partial charge on any atom is 0.269 e. The van der Waals surface area contributed by atoms with Gasteiger partial charge in [-0.3, -0.25) is 9.69 Å². The molecule has 0 unspecified atom stereocenters. The van der Waals surface area contributed by atoms with E-state index in [9.17, 15) is 4.79 Å². The average molecular weight is 519 g/mol. The Labute approximate surface area is 229 Å². The molecule has 0 spiro atoms. The Kier molecular flexibility index (Phi) is 6.77. The van der Waals surface area contributed by atoms with E-state index in [1.54, 1.807) is 10.7 Å². The maximum absolute atomic E-state index is 11.5. The number of hydrogen-bond donors (Lipinski definition) is 1. The summed E-state index contributed by atoms with van der Waals surface area (Å²) in [6.45, 7) is 8.30. The molecule has 198 valence electrons. The smallest absolute Gasteiger partial charge is 0.269 e. The Balaban J connectivity index is 1.13. The average Bonchev–Trinajstić information content (AvgIpc) is 3.54. The van der Waals surface area contributed by atoms with Gasteiger partial charge in [0.15, 0.2) is 5.69 Å². The van der Waals surface area contributed by atoms with Crippen molar-refractivity contribution in [2.75, 3.05) is 33.2 Å². The number of hydrogen-bond acceptors (Lipinski definition) is 4. The van der Waals surface area contributed by atoms with Crippen LogP contribution in [0.2, 0.25) is 0 Å². The number of nitrogens with two attached hydrogens (primary N) is 1. The van der Waals surface area contributed by atoms with E-state index in [0.29, 0.717) is 0 Å². The van der Waals surface area contributed by atoms with Gasteiger partial charge >= 0.3 is 0 Å². The van der Waals surface area contributed by atoms with E-state index in [4.69, 9.17) is 5.73 Å². The Bertz CT molecular complexity index is 1610. The van der Waals surface area contributed by atoms with E-state index in [1.165, 1.54) is 22.3 Å². The molecule has 0 saturated carbocycles. The summed E-state index contributed by atoms with van der Waals surface area (Å²) in [6.07, 6.45) is 2.12. The summed E-state index contributed by atoms with van der Waals surface area (Å²) < 4.78 is 4.01. The summed E-state index contributed by atoms with van der Waals surface area (Å²) >= 11 is 0. The molecule has 1 aliphatic rings. The SMILES string of the molecule is Cc1cc(C(N)=O)nn1-c1ccc2c(ccn2Cc2ccc(-c3ccc(CN4CCN(C)CC4)cc3)cc2)c1. The quantitative estimate of drug-likeness (QED) is 0.339. The van der Waals surface area contributed by atoms with Crippen molar-refractivity contribution in [3.8, 4) is 16.8 Å². The third-order valence-corrected chi connectivity index (χ3v) is 7.74. The van der Waals surface area contributed by atoms with Gasteiger partial charge in [-0.15, -0.1) is 0 Å². The number of carbonyl (C=O) groups excluding carboxylic acids is 1. The first kappa shape index (κ1) is 25.1. The molecule has 1 fully saturated rings. The number of amides is 1. The van der Waals surface area contributed by atoms with Crippen molar-refractivity contribution in [2.45, 2.75) is 20.0 Å². The van der Waals surface area contributed by atoms with Gasteiger partial charge < -0.3 is 15.2 Å². The first-order chi connectivity index (χ1) is 18.9. The summed E-state index contributed by atoms with van der Waals surface area (Å²) in [5, 5.41) is 5.48. The molecule has 7 heteroatoms. The van der Waals surface area contributed by atoms with Crippen molar-refractivity contribution in [3.63, 3.8) is 0 Å². The number of aromatic nitrogens is 3. The second-order valence-electron chi connectivity index (χ2n) is 10.6. The van der Waals surface area contributed by atoms with Crippen LogP contribution in [0, 0.1) is 6.92 Å². The Morgan fingerprint density at radius 3 is 2.08 bits per heavy atom. The minimum atomic E-state index is -0.520. The lowest BCUT2D eigenvalue weighted by Crippen LogP contribution is -2.43. The van der Waals surface area contributed by atoms with Crippen LogP contribution in [0.25, 0.3) is 27.7 Å². The minimum Gasteiger partial charge on any atom is -0.364 e. The summed E-state index contributed by atoms with van der Waals surface area (Å²) in [6, 6.07) is 27.9. The number of carbonyl (C=O) groups is 1. The summed E-state index contributed by atoms with van der Waals surface area (Å²) in [4.78, 5) is 16.4. The van der Waals surface area contributed by atoms with Crippen LogP contribution in [0.5, 0.6) is 0 Å². The van der Waals surface area contributed by atoms with E-state index >= 15 is 0 Å². The highest BCUT2D eigenvalue weighted by Gasteiger charge is 2.14. The van der Waals surface area contributed by atoms with Crippen molar-refractivity contribution < 1.29 is 4.79 Å². The van der Waals surface area contributed by atoms with Gasteiger partial charge in [0.2, 0.25) is 0 Å². The predicted molar refractivity (Wildman–Crippen MR) is 156 cm³/mol. The van der Waals surface area contributed by atoms with Crippen LogP contribution in [0.4, 0.5) is 0 Å². The zero-order valence-corrected chi connectivity index (χ0v) is 22.5. The summed E-state index contributed by atoms with van der Waals surface area (Å²) in [5.74, 6) is -0.520. The van der Waals surface area contributed by atoms with Crippen LogP contribution in [0.3, 0.4) is 0 Å². The fourth-order valence-corrected chi connectivity index (χ4v) is 5.38. The molecule has 1 aliphatic heterocycles. The van der Waals surface area contributed by atoms with Gasteiger partial charge in [-0.05, 0) is 66.6 Å². The molecule has 0 atom stereocenters. The van der Waals surface area contributed by atoms with Crippen molar-refractivity contribution >= 4 is 16.8 Å². The minimum absolute atomic E-state index is 0.273. The van der Waals surface area contributed by atoms with Crippen LogP contribution >= 0.6 is 0 Å². The number of primary amides is 1. The Morgan fingerprint density at radius 2 is 1.46 bits per heavy atom. The predicted octanol–water partition coefficient (Wildman–Crippen LogP) is 4.70. The van der Waals surface area contributed by atoms with Crippen LogP contribution < -0.4 is 5.73 Å². The van der Waals surface area contributed by atoms with Gasteiger partial charge in [0.1, 0.15) is 0 Å². The molecule has 7 nitrogen and oxygen atoms in total. The first-order valence-electron chi connectivity index (χ1n) is 13.5. The first-order valence-corrected chi connectivity index (χ1v) is 13.5. The molecular weight excluding hydrogens is 484 g/mol. The van der Waals surface area contributed by atoms with Crippen molar-refractivity contribution in [1.29, 1.82) is 0 Å². The summed E-state index contributed by atoms with van der Waals surface area (Å²) in [5.41, 5.74) is 13.7. The number of likely N-dealkylation sites (N-methyl/N-ethyl adjacent to an activating group) is 1. The van der Waals surface area contributed by atoms with Gasteiger partial charge in [0.25, 0.3) is 5.91 Å². The van der Waals surface area contributed by atoms with Gasteiger partial charge in [0, 0.05) is 62.1 Å². The molecule has 0 radical (unpaired) electrons. The monoisotopic (exact) mass is 518 g/mol. The lowest BCUT2D eigenvalue weighted by Gasteiger charge is -2.32. The molecule has 3 heterocycles. The highest BCUT2D eigenvalue weighted by atomic mass is 16.1. The molecule has 1 saturated heterocycles. The fraction of sp³-hybridized carbons (Fsp3) is 0.250. The molecule has 39 heavy (non-hydrogen) atoms. The molecule has 1 amide bonds. The molecule has 3 aromatic carbocycles. The van der Waals surface area contributed by atoms with E-state index < -0.39 is 5.91 Å². The van der Waals surface area contributed by atoms with Crippen molar-refractivity contribution in [3.05, 3.63) is 108 Å². The maximum atomic E-state index is 11.5. The molecule has 0 bridgehead atoms.